The molecule has 5 nitrogen and oxygen atoms in total. The van der Waals surface area contributed by atoms with Crippen molar-refractivity contribution in [3.63, 3.8) is 0 Å². The zero-order valence-electron chi connectivity index (χ0n) is 12.3. The number of ether oxygens (including phenoxy) is 1. The fraction of sp³-hybridized carbons (Fsp3) is 0.467. The van der Waals surface area contributed by atoms with Crippen LogP contribution in [-0.2, 0) is 12.8 Å². The molecule has 2 rings (SSSR count). The Morgan fingerprint density at radius 1 is 1.33 bits per heavy atom. The normalized spacial score (nSPS) is 12.3. The number of nitrogens with zero attached hydrogens (tertiary/aromatic N) is 2. The summed E-state index contributed by atoms with van der Waals surface area (Å²) in [6, 6.07) is 8.13. The lowest BCUT2D eigenvalue weighted by molar-refractivity contribution is 0.414. The third-order valence-corrected chi connectivity index (χ3v) is 4.08. The lowest BCUT2D eigenvalue weighted by atomic mass is 10.1. The maximum atomic E-state index is 5.96. The molecular weight excluding hydrogens is 284 g/mol. The van der Waals surface area contributed by atoms with Gasteiger partial charge in [-0.25, -0.2) is 4.98 Å². The second kappa shape index (κ2) is 8.07. The van der Waals surface area contributed by atoms with Gasteiger partial charge in [-0.1, -0.05) is 12.1 Å². The van der Waals surface area contributed by atoms with Gasteiger partial charge in [0.2, 0.25) is 0 Å². The van der Waals surface area contributed by atoms with Crippen molar-refractivity contribution in [1.82, 2.24) is 9.36 Å². The summed E-state index contributed by atoms with van der Waals surface area (Å²) in [5.74, 6) is 1.71. The third-order valence-electron chi connectivity index (χ3n) is 3.27. The van der Waals surface area contributed by atoms with Crippen LogP contribution in [0.3, 0.4) is 0 Å². The van der Waals surface area contributed by atoms with Gasteiger partial charge in [0.15, 0.2) is 0 Å². The molecule has 0 amide bonds. The molecule has 1 unspecified atom stereocenters. The van der Waals surface area contributed by atoms with Crippen LogP contribution in [0.15, 0.2) is 24.3 Å². The highest BCUT2D eigenvalue weighted by Crippen LogP contribution is 2.16. The predicted octanol–water partition coefficient (Wildman–Crippen LogP) is 1.75. The Labute approximate surface area is 129 Å². The standard InChI is InChI=1S/C15H22N4OS/c1-20-13-4-2-3-11(9-13)10-14-18-15(21-19-14)6-5-12(17)7-8-16/h2-4,9,12H,5-8,10,16-17H2,1H3. The van der Waals surface area contributed by atoms with Crippen LogP contribution in [0.4, 0.5) is 0 Å². The molecule has 6 heteroatoms. The van der Waals surface area contributed by atoms with Crippen LogP contribution in [0.2, 0.25) is 0 Å². The molecule has 114 valence electrons. The van der Waals surface area contributed by atoms with Crippen LogP contribution in [0.25, 0.3) is 0 Å². The van der Waals surface area contributed by atoms with Gasteiger partial charge in [0, 0.05) is 18.9 Å². The summed E-state index contributed by atoms with van der Waals surface area (Å²) in [5, 5.41) is 1.04. The molecule has 0 aliphatic heterocycles. The number of benzene rings is 1. The number of aromatic nitrogens is 2. The average Bonchev–Trinajstić information content (AvgIpc) is 2.93. The Morgan fingerprint density at radius 3 is 2.95 bits per heavy atom. The Morgan fingerprint density at radius 2 is 2.19 bits per heavy atom. The van der Waals surface area contributed by atoms with E-state index in [2.05, 4.69) is 15.4 Å². The maximum Gasteiger partial charge on any atom is 0.146 e. The zero-order chi connectivity index (χ0) is 15.1. The van der Waals surface area contributed by atoms with Crippen molar-refractivity contribution >= 4 is 11.5 Å². The van der Waals surface area contributed by atoms with E-state index in [-0.39, 0.29) is 6.04 Å². The highest BCUT2D eigenvalue weighted by atomic mass is 32.1. The molecule has 0 spiro atoms. The van der Waals surface area contributed by atoms with E-state index >= 15 is 0 Å². The molecule has 4 N–H and O–H groups in total. The predicted molar refractivity (Wildman–Crippen MR) is 85.7 cm³/mol. The molecule has 1 atom stereocenters. The van der Waals surface area contributed by atoms with Gasteiger partial charge in [0.05, 0.1) is 7.11 Å². The molecule has 0 bridgehead atoms. The van der Waals surface area contributed by atoms with Crippen LogP contribution in [-0.4, -0.2) is 29.1 Å². The molecule has 0 aliphatic rings. The SMILES string of the molecule is COc1cccc(Cc2nsc(CCC(N)CCN)n2)c1. The van der Waals surface area contributed by atoms with Gasteiger partial charge in [-0.15, -0.1) is 0 Å². The van der Waals surface area contributed by atoms with E-state index in [0.717, 1.165) is 47.8 Å². The number of aryl methyl sites for hydroxylation is 1. The van der Waals surface area contributed by atoms with Crippen molar-refractivity contribution in [1.29, 1.82) is 0 Å². The first-order chi connectivity index (χ1) is 10.2. The number of nitrogens with two attached hydrogens (primary N) is 2. The van der Waals surface area contributed by atoms with Crippen LogP contribution in [0, 0.1) is 0 Å². The molecule has 1 aromatic carbocycles. The summed E-state index contributed by atoms with van der Waals surface area (Å²) in [6.45, 7) is 0.637. The summed E-state index contributed by atoms with van der Waals surface area (Å²) in [5.41, 5.74) is 12.6. The fourth-order valence-corrected chi connectivity index (χ4v) is 2.77. The molecule has 0 fully saturated rings. The largest absolute Gasteiger partial charge is 0.497 e. The lowest BCUT2D eigenvalue weighted by Crippen LogP contribution is -2.24. The van der Waals surface area contributed by atoms with Crippen LogP contribution in [0.5, 0.6) is 5.75 Å². The Hall–Kier alpha value is -1.50. The van der Waals surface area contributed by atoms with Gasteiger partial charge < -0.3 is 16.2 Å². The van der Waals surface area contributed by atoms with E-state index in [1.54, 1.807) is 7.11 Å². The molecule has 21 heavy (non-hydrogen) atoms. The smallest absolute Gasteiger partial charge is 0.146 e. The van der Waals surface area contributed by atoms with Crippen molar-refractivity contribution in [3.8, 4) is 5.75 Å². The third kappa shape index (κ3) is 5.08. The zero-order valence-corrected chi connectivity index (χ0v) is 13.1. The Kier molecular flexibility index (Phi) is 6.10. The number of methoxy groups -OCH3 is 1. The highest BCUT2D eigenvalue weighted by Gasteiger charge is 2.08. The molecule has 2 aromatic rings. The van der Waals surface area contributed by atoms with Crippen molar-refractivity contribution < 1.29 is 4.74 Å². The summed E-state index contributed by atoms with van der Waals surface area (Å²) in [6.07, 6.45) is 3.36. The highest BCUT2D eigenvalue weighted by molar-refractivity contribution is 7.05. The number of hydrogen-bond acceptors (Lipinski definition) is 6. The van der Waals surface area contributed by atoms with E-state index in [4.69, 9.17) is 16.2 Å². The molecule has 0 saturated carbocycles. The molecule has 0 saturated heterocycles. The van der Waals surface area contributed by atoms with Gasteiger partial charge in [0.25, 0.3) is 0 Å². The second-order valence-electron chi connectivity index (χ2n) is 5.01. The van der Waals surface area contributed by atoms with E-state index < -0.39 is 0 Å². The molecular formula is C15H22N4OS. The summed E-state index contributed by atoms with van der Waals surface area (Å²) in [7, 11) is 1.67. The average molecular weight is 306 g/mol. The number of hydrogen-bond donors (Lipinski definition) is 2. The lowest BCUT2D eigenvalue weighted by Gasteiger charge is -2.07. The van der Waals surface area contributed by atoms with Crippen LogP contribution < -0.4 is 16.2 Å². The van der Waals surface area contributed by atoms with Crippen LogP contribution >= 0.6 is 11.5 Å². The van der Waals surface area contributed by atoms with Crippen LogP contribution in [0.1, 0.15) is 29.2 Å². The molecule has 1 aromatic heterocycles. The minimum atomic E-state index is 0.153. The maximum absolute atomic E-state index is 5.96. The molecule has 1 heterocycles. The first kappa shape index (κ1) is 15.9. The summed E-state index contributed by atoms with van der Waals surface area (Å²) >= 11 is 1.46. The summed E-state index contributed by atoms with van der Waals surface area (Å²) < 4.78 is 9.64. The van der Waals surface area contributed by atoms with Gasteiger partial charge in [-0.05, 0) is 48.6 Å². The van der Waals surface area contributed by atoms with Crippen molar-refractivity contribution in [2.45, 2.75) is 31.7 Å². The Bertz CT molecular complexity index is 558. The van der Waals surface area contributed by atoms with Gasteiger partial charge in [-0.2, -0.15) is 4.37 Å². The first-order valence-corrected chi connectivity index (χ1v) is 7.88. The van der Waals surface area contributed by atoms with Crippen molar-refractivity contribution in [2.24, 2.45) is 11.5 Å². The second-order valence-corrected chi connectivity index (χ2v) is 5.85. The van der Waals surface area contributed by atoms with E-state index in [1.807, 2.05) is 18.2 Å². The minimum Gasteiger partial charge on any atom is -0.497 e. The van der Waals surface area contributed by atoms with Gasteiger partial charge in [0.1, 0.15) is 16.6 Å². The van der Waals surface area contributed by atoms with E-state index in [0.29, 0.717) is 6.54 Å². The molecule has 0 radical (unpaired) electrons. The fourth-order valence-electron chi connectivity index (χ4n) is 2.10. The first-order valence-electron chi connectivity index (χ1n) is 7.11. The monoisotopic (exact) mass is 306 g/mol. The van der Waals surface area contributed by atoms with E-state index in [1.165, 1.54) is 11.5 Å². The van der Waals surface area contributed by atoms with E-state index in [9.17, 15) is 0 Å². The van der Waals surface area contributed by atoms with Gasteiger partial charge in [-0.3, -0.25) is 0 Å². The van der Waals surface area contributed by atoms with Gasteiger partial charge >= 0.3 is 0 Å². The Balaban J connectivity index is 1.90. The minimum absolute atomic E-state index is 0.153. The summed E-state index contributed by atoms with van der Waals surface area (Å²) in [4.78, 5) is 4.57. The van der Waals surface area contributed by atoms with Crippen molar-refractivity contribution in [3.05, 3.63) is 40.7 Å². The topological polar surface area (TPSA) is 87.0 Å². The van der Waals surface area contributed by atoms with Crippen molar-refractivity contribution in [2.75, 3.05) is 13.7 Å². The molecule has 0 aliphatic carbocycles. The quantitative estimate of drug-likeness (QED) is 0.776. The number of rotatable bonds is 8.